The van der Waals surface area contributed by atoms with Gasteiger partial charge in [0, 0.05) is 0 Å². The number of nitrogens with one attached hydrogen (secondary N) is 2. The van der Waals surface area contributed by atoms with Crippen LogP contribution in [0.15, 0.2) is 29.7 Å². The number of aryl methyl sites for hydroxylation is 3. The molecule has 2 aromatic heterocycles. The second kappa shape index (κ2) is 5.06. The first kappa shape index (κ1) is 14.5. The van der Waals surface area contributed by atoms with Crippen molar-refractivity contribution in [2.24, 2.45) is 0 Å². The zero-order valence-electron chi connectivity index (χ0n) is 12.4. The molecule has 2 heterocycles. The molecule has 0 amide bonds. The highest BCUT2D eigenvalue weighted by atomic mass is 32.2. The Morgan fingerprint density at radius 1 is 1.00 bits per heavy atom. The van der Waals surface area contributed by atoms with Crippen LogP contribution in [0.1, 0.15) is 16.7 Å². The Bertz CT molecular complexity index is 963. The van der Waals surface area contributed by atoms with E-state index >= 15 is 0 Å². The molecule has 0 aliphatic carbocycles. The minimum atomic E-state index is -3.74. The third-order valence-corrected chi connectivity index (χ3v) is 5.02. The maximum atomic E-state index is 12.6. The van der Waals surface area contributed by atoms with Gasteiger partial charge in [0.25, 0.3) is 10.0 Å². The van der Waals surface area contributed by atoms with E-state index in [4.69, 9.17) is 0 Å². The van der Waals surface area contributed by atoms with Gasteiger partial charge in [-0.15, -0.1) is 0 Å². The summed E-state index contributed by atoms with van der Waals surface area (Å²) in [5, 5.41) is 0. The Labute approximate surface area is 127 Å². The van der Waals surface area contributed by atoms with Gasteiger partial charge in [0.15, 0.2) is 11.5 Å². The second-order valence-electron chi connectivity index (χ2n) is 5.13. The SMILES string of the molecule is Cc1cc(C)c(S(=O)(=O)Nc2ncnc3nc[nH]c23)cc1C. The molecule has 8 heteroatoms. The van der Waals surface area contributed by atoms with Gasteiger partial charge in [-0.05, 0) is 43.5 Å². The summed E-state index contributed by atoms with van der Waals surface area (Å²) in [5.41, 5.74) is 3.51. The van der Waals surface area contributed by atoms with E-state index < -0.39 is 10.0 Å². The summed E-state index contributed by atoms with van der Waals surface area (Å²) in [6, 6.07) is 3.52. The monoisotopic (exact) mass is 317 g/mol. The Kier molecular flexibility index (Phi) is 3.32. The molecule has 0 aliphatic heterocycles. The van der Waals surface area contributed by atoms with Crippen LogP contribution in [0.5, 0.6) is 0 Å². The highest BCUT2D eigenvalue weighted by molar-refractivity contribution is 7.92. The average molecular weight is 317 g/mol. The molecule has 0 aliphatic rings. The van der Waals surface area contributed by atoms with Crippen LogP contribution in [0.25, 0.3) is 11.2 Å². The standard InChI is InChI=1S/C14H15N5O2S/c1-8-4-10(3)11(5-9(8)2)22(20,21)19-14-12-13(16-6-15-12)17-7-18-14/h4-7H,1-3H3,(H2,15,16,17,18,19). The predicted octanol–water partition coefficient (Wildman–Crippen LogP) is 2.08. The van der Waals surface area contributed by atoms with Gasteiger partial charge < -0.3 is 4.98 Å². The topological polar surface area (TPSA) is 101 Å². The van der Waals surface area contributed by atoms with E-state index in [1.807, 2.05) is 19.9 Å². The molecule has 0 fully saturated rings. The van der Waals surface area contributed by atoms with Crippen molar-refractivity contribution in [3.63, 3.8) is 0 Å². The smallest absolute Gasteiger partial charge is 0.263 e. The van der Waals surface area contributed by atoms with E-state index in [9.17, 15) is 8.42 Å². The van der Waals surface area contributed by atoms with Crippen LogP contribution >= 0.6 is 0 Å². The number of aromatic nitrogens is 4. The Hall–Kier alpha value is -2.48. The van der Waals surface area contributed by atoms with Crippen LogP contribution in [-0.4, -0.2) is 28.4 Å². The number of imidazole rings is 1. The largest absolute Gasteiger partial charge is 0.340 e. The van der Waals surface area contributed by atoms with Crippen molar-refractivity contribution in [3.05, 3.63) is 41.5 Å². The molecule has 7 nitrogen and oxygen atoms in total. The van der Waals surface area contributed by atoms with Gasteiger partial charge in [0.05, 0.1) is 11.2 Å². The van der Waals surface area contributed by atoms with Crippen LogP contribution in [0.3, 0.4) is 0 Å². The molecule has 3 aromatic rings. The maximum Gasteiger partial charge on any atom is 0.263 e. The average Bonchev–Trinajstić information content (AvgIpc) is 2.92. The lowest BCUT2D eigenvalue weighted by Crippen LogP contribution is -2.16. The number of anilines is 1. The van der Waals surface area contributed by atoms with E-state index in [1.165, 1.54) is 12.7 Å². The molecule has 0 saturated carbocycles. The van der Waals surface area contributed by atoms with Crippen molar-refractivity contribution >= 4 is 27.0 Å². The van der Waals surface area contributed by atoms with Crippen molar-refractivity contribution in [1.29, 1.82) is 0 Å². The lowest BCUT2D eigenvalue weighted by Gasteiger charge is -2.12. The minimum Gasteiger partial charge on any atom is -0.340 e. The van der Waals surface area contributed by atoms with Crippen LogP contribution in [0.2, 0.25) is 0 Å². The Morgan fingerprint density at radius 2 is 1.73 bits per heavy atom. The number of sulfonamides is 1. The minimum absolute atomic E-state index is 0.181. The van der Waals surface area contributed by atoms with Crippen LogP contribution in [0.4, 0.5) is 5.82 Å². The van der Waals surface area contributed by atoms with Crippen LogP contribution < -0.4 is 4.72 Å². The number of hydrogen-bond donors (Lipinski definition) is 2. The number of nitrogens with zero attached hydrogens (tertiary/aromatic N) is 3. The molecule has 3 rings (SSSR count). The van der Waals surface area contributed by atoms with Crippen molar-refractivity contribution in [1.82, 2.24) is 19.9 Å². The molecule has 0 unspecified atom stereocenters. The molecule has 0 saturated heterocycles. The van der Waals surface area contributed by atoms with Crippen molar-refractivity contribution < 1.29 is 8.42 Å². The third kappa shape index (κ3) is 2.41. The normalized spacial score (nSPS) is 11.8. The van der Waals surface area contributed by atoms with Gasteiger partial charge in [0.1, 0.15) is 11.8 Å². The van der Waals surface area contributed by atoms with Crippen LogP contribution in [-0.2, 0) is 10.0 Å². The van der Waals surface area contributed by atoms with Gasteiger partial charge >= 0.3 is 0 Å². The highest BCUT2D eigenvalue weighted by Crippen LogP contribution is 2.24. The second-order valence-corrected chi connectivity index (χ2v) is 6.78. The van der Waals surface area contributed by atoms with Crippen LogP contribution in [0, 0.1) is 20.8 Å². The molecule has 1 aromatic carbocycles. The van der Waals surface area contributed by atoms with E-state index in [0.29, 0.717) is 16.7 Å². The van der Waals surface area contributed by atoms with Gasteiger partial charge in [0.2, 0.25) is 0 Å². The fraction of sp³-hybridized carbons (Fsp3) is 0.214. The Morgan fingerprint density at radius 3 is 2.50 bits per heavy atom. The van der Waals surface area contributed by atoms with Gasteiger partial charge in [-0.25, -0.2) is 23.4 Å². The van der Waals surface area contributed by atoms with E-state index in [-0.39, 0.29) is 10.7 Å². The quantitative estimate of drug-likeness (QED) is 0.770. The van der Waals surface area contributed by atoms with Gasteiger partial charge in [-0.1, -0.05) is 6.07 Å². The number of H-pyrrole nitrogens is 1. The number of rotatable bonds is 3. The number of hydrogen-bond acceptors (Lipinski definition) is 5. The number of fused-ring (bicyclic) bond motifs is 1. The van der Waals surface area contributed by atoms with E-state index in [0.717, 1.165) is 11.1 Å². The van der Waals surface area contributed by atoms with E-state index in [2.05, 4.69) is 24.7 Å². The molecular formula is C14H15N5O2S. The molecule has 2 N–H and O–H groups in total. The molecule has 114 valence electrons. The molecule has 0 radical (unpaired) electrons. The van der Waals surface area contributed by atoms with E-state index in [1.54, 1.807) is 13.0 Å². The van der Waals surface area contributed by atoms with Crippen molar-refractivity contribution in [3.8, 4) is 0 Å². The summed E-state index contributed by atoms with van der Waals surface area (Å²) in [6.07, 6.45) is 2.71. The molecule has 0 bridgehead atoms. The maximum absolute atomic E-state index is 12.6. The summed E-state index contributed by atoms with van der Waals surface area (Å²) in [6.45, 7) is 5.60. The molecule has 22 heavy (non-hydrogen) atoms. The Balaban J connectivity index is 2.08. The molecule has 0 spiro atoms. The fourth-order valence-corrected chi connectivity index (χ4v) is 3.58. The van der Waals surface area contributed by atoms with Crippen molar-refractivity contribution in [2.75, 3.05) is 4.72 Å². The molecule has 0 atom stereocenters. The first-order chi connectivity index (χ1) is 10.4. The first-order valence-corrected chi connectivity index (χ1v) is 8.11. The third-order valence-electron chi connectivity index (χ3n) is 3.53. The highest BCUT2D eigenvalue weighted by Gasteiger charge is 2.20. The number of aromatic amines is 1. The summed E-state index contributed by atoms with van der Waals surface area (Å²) in [7, 11) is -3.74. The van der Waals surface area contributed by atoms with Crippen molar-refractivity contribution in [2.45, 2.75) is 25.7 Å². The van der Waals surface area contributed by atoms with Gasteiger partial charge in [-0.2, -0.15) is 0 Å². The predicted molar refractivity (Wildman–Crippen MR) is 83.1 cm³/mol. The summed E-state index contributed by atoms with van der Waals surface area (Å²) in [5.74, 6) is 0.181. The summed E-state index contributed by atoms with van der Waals surface area (Å²) in [4.78, 5) is 15.0. The number of benzene rings is 1. The molecular weight excluding hydrogens is 302 g/mol. The summed E-state index contributed by atoms with van der Waals surface area (Å²) < 4.78 is 27.8. The summed E-state index contributed by atoms with van der Waals surface area (Å²) >= 11 is 0. The zero-order valence-corrected chi connectivity index (χ0v) is 13.2. The first-order valence-electron chi connectivity index (χ1n) is 6.63. The lowest BCUT2D eigenvalue weighted by molar-refractivity contribution is 0.600. The zero-order chi connectivity index (χ0) is 15.9. The fourth-order valence-electron chi connectivity index (χ4n) is 2.25. The lowest BCUT2D eigenvalue weighted by atomic mass is 10.1. The van der Waals surface area contributed by atoms with Gasteiger partial charge in [-0.3, -0.25) is 4.72 Å².